The first kappa shape index (κ1) is 14.2. The van der Waals surface area contributed by atoms with Crippen molar-refractivity contribution in [3.05, 3.63) is 63.6 Å². The van der Waals surface area contributed by atoms with E-state index >= 15 is 0 Å². The number of hydrogen-bond acceptors (Lipinski definition) is 1. The topological polar surface area (TPSA) is 12.0 Å². The van der Waals surface area contributed by atoms with Crippen LogP contribution in [0.15, 0.2) is 42.5 Å². The fraction of sp³-hybridized carbons (Fsp3) is 0.250. The fourth-order valence-electron chi connectivity index (χ4n) is 2.07. The van der Waals surface area contributed by atoms with Crippen LogP contribution in [-0.2, 0) is 13.0 Å². The fourth-order valence-corrected chi connectivity index (χ4v) is 2.54. The van der Waals surface area contributed by atoms with Gasteiger partial charge in [0.1, 0.15) is 0 Å². The molecule has 100 valence electrons. The van der Waals surface area contributed by atoms with Crippen LogP contribution in [0.1, 0.15) is 24.5 Å². The maximum Gasteiger partial charge on any atom is 0.0652 e. The lowest BCUT2D eigenvalue weighted by Crippen LogP contribution is -2.03. The molecule has 2 aromatic rings. The monoisotopic (exact) mass is 293 g/mol. The standard InChI is InChI=1S/C16H17Cl2N/c1-2-5-12-6-3-4-7-13(12)11-19-16-9-8-14(17)10-15(16)18/h3-4,6-10,19H,2,5,11H2,1H3. The lowest BCUT2D eigenvalue weighted by Gasteiger charge is -2.12. The number of hydrogen-bond donors (Lipinski definition) is 1. The first-order valence-electron chi connectivity index (χ1n) is 6.46. The molecular weight excluding hydrogens is 277 g/mol. The maximum absolute atomic E-state index is 6.15. The van der Waals surface area contributed by atoms with E-state index in [1.165, 1.54) is 11.1 Å². The van der Waals surface area contributed by atoms with Gasteiger partial charge in [0.15, 0.2) is 0 Å². The Morgan fingerprint density at radius 2 is 1.74 bits per heavy atom. The van der Waals surface area contributed by atoms with Crippen LogP contribution >= 0.6 is 23.2 Å². The first-order valence-corrected chi connectivity index (χ1v) is 7.22. The second-order valence-corrected chi connectivity index (χ2v) is 5.34. The molecule has 0 saturated carbocycles. The number of aryl methyl sites for hydroxylation is 1. The molecule has 3 heteroatoms. The average molecular weight is 294 g/mol. The van der Waals surface area contributed by atoms with Crippen LogP contribution in [0.3, 0.4) is 0 Å². The molecule has 0 fully saturated rings. The number of rotatable bonds is 5. The molecule has 0 aliphatic heterocycles. The van der Waals surface area contributed by atoms with Crippen molar-refractivity contribution < 1.29 is 0 Å². The predicted molar refractivity (Wildman–Crippen MR) is 84.2 cm³/mol. The summed E-state index contributed by atoms with van der Waals surface area (Å²) in [6.45, 7) is 2.97. The third-order valence-electron chi connectivity index (χ3n) is 3.04. The van der Waals surface area contributed by atoms with Crippen LogP contribution < -0.4 is 5.32 Å². The van der Waals surface area contributed by atoms with Crippen LogP contribution in [0.4, 0.5) is 5.69 Å². The maximum atomic E-state index is 6.15. The van der Waals surface area contributed by atoms with Gasteiger partial charge in [-0.2, -0.15) is 0 Å². The Bertz CT molecular complexity index is 552. The van der Waals surface area contributed by atoms with Gasteiger partial charge in [0.2, 0.25) is 0 Å². The zero-order chi connectivity index (χ0) is 13.7. The van der Waals surface area contributed by atoms with E-state index in [-0.39, 0.29) is 0 Å². The highest BCUT2D eigenvalue weighted by Crippen LogP contribution is 2.26. The van der Waals surface area contributed by atoms with Crippen molar-refractivity contribution in [1.29, 1.82) is 0 Å². The van der Waals surface area contributed by atoms with E-state index in [9.17, 15) is 0 Å². The van der Waals surface area contributed by atoms with Gasteiger partial charge in [-0.05, 0) is 35.7 Å². The van der Waals surface area contributed by atoms with Crippen LogP contribution in [0.5, 0.6) is 0 Å². The highest BCUT2D eigenvalue weighted by atomic mass is 35.5. The summed E-state index contributed by atoms with van der Waals surface area (Å²) < 4.78 is 0. The SMILES string of the molecule is CCCc1ccccc1CNc1ccc(Cl)cc1Cl. The van der Waals surface area contributed by atoms with Crippen molar-refractivity contribution in [2.75, 3.05) is 5.32 Å². The smallest absolute Gasteiger partial charge is 0.0652 e. The van der Waals surface area contributed by atoms with Gasteiger partial charge in [0.05, 0.1) is 10.7 Å². The highest BCUT2D eigenvalue weighted by Gasteiger charge is 2.03. The van der Waals surface area contributed by atoms with Crippen molar-refractivity contribution in [1.82, 2.24) is 0 Å². The quantitative estimate of drug-likeness (QED) is 0.761. The van der Waals surface area contributed by atoms with E-state index in [0.29, 0.717) is 10.0 Å². The van der Waals surface area contributed by atoms with Crippen LogP contribution in [0.2, 0.25) is 10.0 Å². The molecule has 0 radical (unpaired) electrons. The van der Waals surface area contributed by atoms with Gasteiger partial charge >= 0.3 is 0 Å². The third-order valence-corrected chi connectivity index (χ3v) is 3.59. The van der Waals surface area contributed by atoms with E-state index < -0.39 is 0 Å². The zero-order valence-corrected chi connectivity index (χ0v) is 12.4. The molecule has 0 aliphatic rings. The van der Waals surface area contributed by atoms with E-state index in [1.54, 1.807) is 6.07 Å². The number of nitrogens with one attached hydrogen (secondary N) is 1. The molecule has 0 atom stereocenters. The Morgan fingerprint density at radius 3 is 2.42 bits per heavy atom. The summed E-state index contributed by atoms with van der Waals surface area (Å²) in [6.07, 6.45) is 2.25. The van der Waals surface area contributed by atoms with Crippen molar-refractivity contribution in [2.24, 2.45) is 0 Å². The second-order valence-electron chi connectivity index (χ2n) is 4.50. The molecule has 0 bridgehead atoms. The molecule has 0 saturated heterocycles. The number of halogens is 2. The first-order chi connectivity index (χ1) is 9.20. The summed E-state index contributed by atoms with van der Waals surface area (Å²) in [5.74, 6) is 0. The summed E-state index contributed by atoms with van der Waals surface area (Å²) in [7, 11) is 0. The minimum absolute atomic E-state index is 0.653. The molecule has 1 N–H and O–H groups in total. The summed E-state index contributed by atoms with van der Waals surface area (Å²) in [4.78, 5) is 0. The number of anilines is 1. The van der Waals surface area contributed by atoms with Gasteiger partial charge in [-0.1, -0.05) is 60.8 Å². The summed E-state index contributed by atoms with van der Waals surface area (Å²) in [5, 5.41) is 4.67. The van der Waals surface area contributed by atoms with Gasteiger partial charge < -0.3 is 5.32 Å². The Labute approximate surface area is 124 Å². The van der Waals surface area contributed by atoms with Crippen molar-refractivity contribution in [2.45, 2.75) is 26.3 Å². The molecule has 0 aliphatic carbocycles. The Balaban J connectivity index is 2.10. The van der Waals surface area contributed by atoms with E-state index in [0.717, 1.165) is 25.1 Å². The van der Waals surface area contributed by atoms with Gasteiger partial charge in [-0.3, -0.25) is 0 Å². The van der Waals surface area contributed by atoms with Crippen molar-refractivity contribution in [3.8, 4) is 0 Å². The molecule has 0 heterocycles. The molecule has 2 aromatic carbocycles. The third kappa shape index (κ3) is 3.89. The Morgan fingerprint density at radius 1 is 1.00 bits per heavy atom. The molecular formula is C16H17Cl2N. The second kappa shape index (κ2) is 6.83. The molecule has 2 rings (SSSR count). The Hall–Kier alpha value is -1.18. The molecule has 0 unspecified atom stereocenters. The zero-order valence-electron chi connectivity index (χ0n) is 10.9. The normalized spacial score (nSPS) is 10.5. The van der Waals surface area contributed by atoms with E-state index in [1.807, 2.05) is 12.1 Å². The minimum atomic E-state index is 0.653. The largest absolute Gasteiger partial charge is 0.380 e. The summed E-state index contributed by atoms with van der Waals surface area (Å²) >= 11 is 12.0. The molecule has 0 amide bonds. The van der Waals surface area contributed by atoms with E-state index in [2.05, 4.69) is 36.5 Å². The molecule has 19 heavy (non-hydrogen) atoms. The van der Waals surface area contributed by atoms with Crippen molar-refractivity contribution in [3.63, 3.8) is 0 Å². The predicted octanol–water partition coefficient (Wildman–Crippen LogP) is 5.56. The van der Waals surface area contributed by atoms with Gasteiger partial charge in [-0.15, -0.1) is 0 Å². The minimum Gasteiger partial charge on any atom is -0.380 e. The van der Waals surface area contributed by atoms with Gasteiger partial charge in [0, 0.05) is 11.6 Å². The lowest BCUT2D eigenvalue weighted by atomic mass is 10.0. The molecule has 1 nitrogen and oxygen atoms in total. The highest BCUT2D eigenvalue weighted by molar-refractivity contribution is 6.36. The summed E-state index contributed by atoms with van der Waals surface area (Å²) in [6, 6.07) is 14.0. The molecule has 0 aromatic heterocycles. The van der Waals surface area contributed by atoms with Crippen molar-refractivity contribution >= 4 is 28.9 Å². The Kier molecular flexibility index (Phi) is 5.12. The van der Waals surface area contributed by atoms with Crippen LogP contribution in [0, 0.1) is 0 Å². The molecule has 0 spiro atoms. The van der Waals surface area contributed by atoms with E-state index in [4.69, 9.17) is 23.2 Å². The average Bonchev–Trinajstić information content (AvgIpc) is 2.40. The summed E-state index contributed by atoms with van der Waals surface area (Å²) in [5.41, 5.74) is 3.62. The lowest BCUT2D eigenvalue weighted by molar-refractivity contribution is 0.901. The van der Waals surface area contributed by atoms with Crippen LogP contribution in [-0.4, -0.2) is 0 Å². The van der Waals surface area contributed by atoms with Gasteiger partial charge in [-0.25, -0.2) is 0 Å². The van der Waals surface area contributed by atoms with Gasteiger partial charge in [0.25, 0.3) is 0 Å². The van der Waals surface area contributed by atoms with Crippen LogP contribution in [0.25, 0.3) is 0 Å². The number of benzene rings is 2.